The molecule has 2 heterocycles. The van der Waals surface area contributed by atoms with Crippen molar-refractivity contribution in [2.24, 2.45) is 0 Å². The Labute approximate surface area is 164 Å². The monoisotopic (exact) mass is 394 g/mol. The van der Waals surface area contributed by atoms with Crippen LogP contribution in [0.5, 0.6) is 0 Å². The van der Waals surface area contributed by atoms with E-state index in [-0.39, 0.29) is 18.0 Å². The van der Waals surface area contributed by atoms with Gasteiger partial charge in [-0.05, 0) is 43.3 Å². The lowest BCUT2D eigenvalue weighted by Crippen LogP contribution is -2.28. The van der Waals surface area contributed by atoms with Crippen LogP contribution < -0.4 is 10.9 Å². The lowest BCUT2D eigenvalue weighted by atomic mass is 10.2. The molecule has 0 saturated heterocycles. The SMILES string of the molecule is Cc1ccc(-n2nnc3c(=O)n(CC(=O)Nc4ccc(Cl)cc4)cnc32)cc1. The molecule has 8 nitrogen and oxygen atoms in total. The van der Waals surface area contributed by atoms with E-state index in [0.29, 0.717) is 16.4 Å². The minimum absolute atomic E-state index is 0.0994. The van der Waals surface area contributed by atoms with Gasteiger partial charge >= 0.3 is 0 Å². The minimum Gasteiger partial charge on any atom is -0.325 e. The van der Waals surface area contributed by atoms with Crippen LogP contribution in [0.4, 0.5) is 5.69 Å². The van der Waals surface area contributed by atoms with Crippen LogP contribution in [0.3, 0.4) is 0 Å². The predicted octanol–water partition coefficient (Wildman–Crippen LogP) is 2.58. The third-order valence-corrected chi connectivity index (χ3v) is 4.40. The van der Waals surface area contributed by atoms with Crippen molar-refractivity contribution >= 4 is 34.4 Å². The van der Waals surface area contributed by atoms with Gasteiger partial charge < -0.3 is 5.32 Å². The normalized spacial score (nSPS) is 10.9. The molecular formula is C19H15ClN6O2. The Bertz CT molecular complexity index is 1210. The highest BCUT2D eigenvalue weighted by atomic mass is 35.5. The van der Waals surface area contributed by atoms with Crippen molar-refractivity contribution in [3.8, 4) is 5.69 Å². The van der Waals surface area contributed by atoms with Crippen molar-refractivity contribution < 1.29 is 4.79 Å². The van der Waals surface area contributed by atoms with E-state index in [1.807, 2.05) is 31.2 Å². The van der Waals surface area contributed by atoms with Gasteiger partial charge in [-0.2, -0.15) is 4.68 Å². The van der Waals surface area contributed by atoms with Crippen LogP contribution in [0.15, 0.2) is 59.7 Å². The van der Waals surface area contributed by atoms with E-state index >= 15 is 0 Å². The first-order valence-electron chi connectivity index (χ1n) is 8.44. The fourth-order valence-electron chi connectivity index (χ4n) is 2.70. The number of hydrogen-bond acceptors (Lipinski definition) is 5. The molecule has 28 heavy (non-hydrogen) atoms. The largest absolute Gasteiger partial charge is 0.325 e. The molecule has 2 aromatic carbocycles. The number of fused-ring (bicyclic) bond motifs is 1. The van der Waals surface area contributed by atoms with Crippen LogP contribution >= 0.6 is 11.6 Å². The van der Waals surface area contributed by atoms with E-state index in [4.69, 9.17) is 11.6 Å². The zero-order valence-electron chi connectivity index (χ0n) is 14.8. The summed E-state index contributed by atoms with van der Waals surface area (Å²) in [5.41, 5.74) is 2.44. The Morgan fingerprint density at radius 2 is 1.82 bits per heavy atom. The zero-order valence-corrected chi connectivity index (χ0v) is 15.6. The first-order chi connectivity index (χ1) is 13.5. The van der Waals surface area contributed by atoms with Crippen LogP contribution in [-0.4, -0.2) is 30.5 Å². The van der Waals surface area contributed by atoms with Gasteiger partial charge in [-0.25, -0.2) is 4.98 Å². The molecule has 0 atom stereocenters. The third-order valence-electron chi connectivity index (χ3n) is 4.15. The van der Waals surface area contributed by atoms with Gasteiger partial charge in [-0.3, -0.25) is 14.2 Å². The molecule has 0 aliphatic rings. The summed E-state index contributed by atoms with van der Waals surface area (Å²) in [6.07, 6.45) is 1.32. The van der Waals surface area contributed by atoms with Crippen LogP contribution in [0, 0.1) is 6.92 Å². The maximum Gasteiger partial charge on any atom is 0.284 e. The lowest BCUT2D eigenvalue weighted by Gasteiger charge is -2.07. The number of anilines is 1. The number of nitrogens with zero attached hydrogens (tertiary/aromatic N) is 5. The van der Waals surface area contributed by atoms with E-state index in [1.54, 1.807) is 24.3 Å². The number of aryl methyl sites for hydroxylation is 1. The number of carbonyl (C=O) groups excluding carboxylic acids is 1. The Morgan fingerprint density at radius 3 is 2.54 bits per heavy atom. The molecule has 4 rings (SSSR count). The number of benzene rings is 2. The number of hydrogen-bond donors (Lipinski definition) is 1. The van der Waals surface area contributed by atoms with Gasteiger partial charge in [0.2, 0.25) is 5.91 Å². The van der Waals surface area contributed by atoms with Crippen LogP contribution in [0.2, 0.25) is 5.02 Å². The molecule has 0 aliphatic carbocycles. The standard InChI is InChI=1S/C19H15ClN6O2/c1-12-2-8-15(9-3-12)26-18-17(23-24-26)19(28)25(11-21-18)10-16(27)22-14-6-4-13(20)5-7-14/h2-9,11H,10H2,1H3,(H,22,27). The van der Waals surface area contributed by atoms with Crippen molar-refractivity contribution in [2.75, 3.05) is 5.32 Å². The summed E-state index contributed by atoms with van der Waals surface area (Å²) < 4.78 is 2.69. The molecule has 4 aromatic rings. The highest BCUT2D eigenvalue weighted by Crippen LogP contribution is 2.14. The molecule has 2 aromatic heterocycles. The highest BCUT2D eigenvalue weighted by molar-refractivity contribution is 6.30. The highest BCUT2D eigenvalue weighted by Gasteiger charge is 2.15. The molecule has 1 N–H and O–H groups in total. The number of halogens is 1. The quantitative estimate of drug-likeness (QED) is 0.574. The van der Waals surface area contributed by atoms with Gasteiger partial charge in [0.1, 0.15) is 12.9 Å². The number of amides is 1. The second-order valence-corrected chi connectivity index (χ2v) is 6.68. The Balaban J connectivity index is 1.60. The molecule has 0 spiro atoms. The molecule has 0 bridgehead atoms. The summed E-state index contributed by atoms with van der Waals surface area (Å²) in [7, 11) is 0. The van der Waals surface area contributed by atoms with Gasteiger partial charge in [-0.15, -0.1) is 5.10 Å². The molecule has 0 aliphatic heterocycles. The smallest absolute Gasteiger partial charge is 0.284 e. The van der Waals surface area contributed by atoms with Crippen molar-refractivity contribution in [1.82, 2.24) is 24.5 Å². The van der Waals surface area contributed by atoms with E-state index in [2.05, 4.69) is 20.6 Å². The second kappa shape index (κ2) is 7.24. The lowest BCUT2D eigenvalue weighted by molar-refractivity contribution is -0.116. The summed E-state index contributed by atoms with van der Waals surface area (Å²) in [5.74, 6) is -0.364. The number of carbonyl (C=O) groups is 1. The van der Waals surface area contributed by atoms with Gasteiger partial charge in [0, 0.05) is 10.7 Å². The van der Waals surface area contributed by atoms with Crippen molar-refractivity contribution in [1.29, 1.82) is 0 Å². The maximum atomic E-state index is 12.7. The Kier molecular flexibility index (Phi) is 4.62. The Morgan fingerprint density at radius 1 is 1.11 bits per heavy atom. The third kappa shape index (κ3) is 3.49. The van der Waals surface area contributed by atoms with Crippen LogP contribution in [-0.2, 0) is 11.3 Å². The molecule has 1 amide bonds. The van der Waals surface area contributed by atoms with Gasteiger partial charge in [0.25, 0.3) is 5.56 Å². The predicted molar refractivity (Wildman–Crippen MR) is 106 cm³/mol. The van der Waals surface area contributed by atoms with Gasteiger partial charge in [0.15, 0.2) is 11.2 Å². The number of rotatable bonds is 4. The van der Waals surface area contributed by atoms with Crippen LogP contribution in [0.1, 0.15) is 5.56 Å². The average Bonchev–Trinajstić information content (AvgIpc) is 3.11. The minimum atomic E-state index is -0.436. The fourth-order valence-corrected chi connectivity index (χ4v) is 2.83. The first-order valence-corrected chi connectivity index (χ1v) is 8.82. The van der Waals surface area contributed by atoms with Crippen molar-refractivity contribution in [3.63, 3.8) is 0 Å². The van der Waals surface area contributed by atoms with Crippen molar-refractivity contribution in [2.45, 2.75) is 13.5 Å². The van der Waals surface area contributed by atoms with Gasteiger partial charge in [0.05, 0.1) is 5.69 Å². The van der Waals surface area contributed by atoms with Crippen LogP contribution in [0.25, 0.3) is 16.9 Å². The Hall–Kier alpha value is -3.52. The average molecular weight is 395 g/mol. The second-order valence-electron chi connectivity index (χ2n) is 6.24. The van der Waals surface area contributed by atoms with Crippen molar-refractivity contribution in [3.05, 3.63) is 75.8 Å². The summed E-state index contributed by atoms with van der Waals surface area (Å²) in [6, 6.07) is 14.3. The molecular weight excluding hydrogens is 380 g/mol. The number of aromatic nitrogens is 5. The molecule has 0 unspecified atom stereocenters. The maximum absolute atomic E-state index is 12.7. The van der Waals surface area contributed by atoms with E-state index in [9.17, 15) is 9.59 Å². The zero-order chi connectivity index (χ0) is 19.7. The molecule has 9 heteroatoms. The van der Waals surface area contributed by atoms with E-state index in [0.717, 1.165) is 11.3 Å². The summed E-state index contributed by atoms with van der Waals surface area (Å²) in [5, 5.41) is 11.3. The van der Waals surface area contributed by atoms with E-state index in [1.165, 1.54) is 15.6 Å². The molecule has 140 valence electrons. The molecule has 0 fully saturated rings. The number of nitrogens with one attached hydrogen (secondary N) is 1. The summed E-state index contributed by atoms with van der Waals surface area (Å²) >= 11 is 5.83. The summed E-state index contributed by atoms with van der Waals surface area (Å²) in [4.78, 5) is 29.2. The van der Waals surface area contributed by atoms with E-state index < -0.39 is 5.56 Å². The topological polar surface area (TPSA) is 94.7 Å². The summed E-state index contributed by atoms with van der Waals surface area (Å²) in [6.45, 7) is 1.79. The molecule has 0 saturated carbocycles. The fraction of sp³-hybridized carbons (Fsp3) is 0.105. The first kappa shape index (κ1) is 17.9. The molecule has 0 radical (unpaired) electrons. The van der Waals surface area contributed by atoms with Gasteiger partial charge in [-0.1, -0.05) is 34.5 Å².